The van der Waals surface area contributed by atoms with Crippen LogP contribution < -0.4 is 5.32 Å². The molecule has 0 atom stereocenters. The molecule has 0 saturated heterocycles. The molecule has 0 unspecified atom stereocenters. The summed E-state index contributed by atoms with van der Waals surface area (Å²) in [7, 11) is 0. The monoisotopic (exact) mass is 221 g/mol. The number of hydrogen-bond donors (Lipinski definition) is 1. The lowest BCUT2D eigenvalue weighted by Crippen LogP contribution is -2.04. The fourth-order valence-electron chi connectivity index (χ4n) is 1.04. The number of anilines is 1. The first-order valence-electron chi connectivity index (χ1n) is 4.32. The van der Waals surface area contributed by atoms with Crippen molar-refractivity contribution in [3.63, 3.8) is 0 Å². The largest absolute Gasteiger partial charge is 0.363 e. The van der Waals surface area contributed by atoms with Gasteiger partial charge in [-0.3, -0.25) is 4.98 Å². The van der Waals surface area contributed by atoms with Crippen LogP contribution in [0.25, 0.3) is 0 Å². The second-order valence-electron chi connectivity index (χ2n) is 2.80. The molecule has 76 valence electrons. The van der Waals surface area contributed by atoms with Crippen LogP contribution >= 0.6 is 11.6 Å². The zero-order valence-corrected chi connectivity index (χ0v) is 8.52. The van der Waals surface area contributed by atoms with E-state index >= 15 is 0 Å². The van der Waals surface area contributed by atoms with Gasteiger partial charge in [-0.2, -0.15) is 10.2 Å². The van der Waals surface area contributed by atoms with Crippen molar-refractivity contribution in [2.45, 2.75) is 6.54 Å². The number of nitrogens with one attached hydrogen (secondary N) is 1. The van der Waals surface area contributed by atoms with E-state index < -0.39 is 0 Å². The Hall–Kier alpha value is -1.75. The van der Waals surface area contributed by atoms with E-state index in [0.29, 0.717) is 17.5 Å². The molecule has 1 N–H and O–H groups in total. The zero-order chi connectivity index (χ0) is 10.5. The lowest BCUT2D eigenvalue weighted by Gasteiger charge is -2.03. The third kappa shape index (κ3) is 2.85. The van der Waals surface area contributed by atoms with Gasteiger partial charge in [0.1, 0.15) is 11.0 Å². The maximum absolute atomic E-state index is 5.69. The summed E-state index contributed by atoms with van der Waals surface area (Å²) in [6.07, 6.45) is 4.71. The highest BCUT2D eigenvalue weighted by molar-refractivity contribution is 6.29. The molecule has 0 amide bonds. The maximum atomic E-state index is 5.69. The molecule has 2 aromatic heterocycles. The predicted octanol–water partition coefficient (Wildman–Crippen LogP) is 1.53. The van der Waals surface area contributed by atoms with Gasteiger partial charge in [0.15, 0.2) is 0 Å². The normalized spacial score (nSPS) is 9.93. The highest BCUT2D eigenvalue weighted by Gasteiger charge is 1.97. The highest BCUT2D eigenvalue weighted by Crippen LogP contribution is 2.07. The molecule has 2 rings (SSSR count). The van der Waals surface area contributed by atoms with Crippen LogP contribution in [0.15, 0.2) is 30.7 Å². The first-order valence-corrected chi connectivity index (χ1v) is 4.70. The van der Waals surface area contributed by atoms with E-state index in [0.717, 1.165) is 5.69 Å². The minimum absolute atomic E-state index is 0.360. The van der Waals surface area contributed by atoms with Crippen LogP contribution in [0.1, 0.15) is 5.69 Å². The SMILES string of the molecule is Clc1cncc(NCc2cccnn2)n1. The molecule has 0 aliphatic heterocycles. The van der Waals surface area contributed by atoms with Crippen molar-refractivity contribution in [2.75, 3.05) is 5.32 Å². The molecule has 0 aliphatic carbocycles. The average molecular weight is 222 g/mol. The molecule has 2 heterocycles. The second kappa shape index (κ2) is 4.65. The first-order chi connectivity index (χ1) is 7.34. The Labute approximate surface area is 91.6 Å². The molecule has 0 spiro atoms. The van der Waals surface area contributed by atoms with E-state index in [1.165, 1.54) is 6.20 Å². The van der Waals surface area contributed by atoms with Crippen LogP contribution in [0.5, 0.6) is 0 Å². The van der Waals surface area contributed by atoms with Crippen molar-refractivity contribution in [1.82, 2.24) is 20.2 Å². The fourth-order valence-corrected chi connectivity index (χ4v) is 1.18. The van der Waals surface area contributed by atoms with E-state index in [1.54, 1.807) is 12.4 Å². The van der Waals surface area contributed by atoms with E-state index in [9.17, 15) is 0 Å². The maximum Gasteiger partial charge on any atom is 0.149 e. The fraction of sp³-hybridized carbons (Fsp3) is 0.111. The summed E-state index contributed by atoms with van der Waals surface area (Å²) in [6.45, 7) is 0.545. The molecule has 0 fully saturated rings. The molecule has 0 saturated carbocycles. The van der Waals surface area contributed by atoms with Gasteiger partial charge < -0.3 is 5.32 Å². The Morgan fingerprint density at radius 2 is 2.27 bits per heavy atom. The van der Waals surface area contributed by atoms with Gasteiger partial charge in [0.25, 0.3) is 0 Å². The standard InChI is InChI=1S/C9H8ClN5/c10-8-5-11-6-9(14-8)12-4-7-2-1-3-13-15-7/h1-3,5-6H,4H2,(H,12,14). The number of nitrogens with zero attached hydrogens (tertiary/aromatic N) is 4. The summed E-state index contributed by atoms with van der Waals surface area (Å²) in [5.41, 5.74) is 0.833. The number of rotatable bonds is 3. The Kier molecular flexibility index (Phi) is 3.04. The Balaban J connectivity index is 1.99. The van der Waals surface area contributed by atoms with Gasteiger partial charge in [0.2, 0.25) is 0 Å². The quantitative estimate of drug-likeness (QED) is 0.852. The van der Waals surface area contributed by atoms with Gasteiger partial charge in [0.05, 0.1) is 24.6 Å². The van der Waals surface area contributed by atoms with Crippen molar-refractivity contribution < 1.29 is 0 Å². The van der Waals surface area contributed by atoms with Crippen molar-refractivity contribution in [1.29, 1.82) is 0 Å². The highest BCUT2D eigenvalue weighted by atomic mass is 35.5. The van der Waals surface area contributed by atoms with Crippen molar-refractivity contribution >= 4 is 17.4 Å². The second-order valence-corrected chi connectivity index (χ2v) is 3.18. The summed E-state index contributed by atoms with van der Waals surface area (Å²) >= 11 is 5.69. The third-order valence-electron chi connectivity index (χ3n) is 1.68. The smallest absolute Gasteiger partial charge is 0.149 e. The molecular weight excluding hydrogens is 214 g/mol. The van der Waals surface area contributed by atoms with Crippen molar-refractivity contribution in [3.05, 3.63) is 41.6 Å². The summed E-state index contributed by atoms with van der Waals surface area (Å²) in [5.74, 6) is 0.619. The Bertz CT molecular complexity index is 434. The van der Waals surface area contributed by atoms with Crippen LogP contribution in [0.2, 0.25) is 5.15 Å². The Morgan fingerprint density at radius 1 is 1.33 bits per heavy atom. The summed E-state index contributed by atoms with van der Waals surface area (Å²) in [6, 6.07) is 3.70. The zero-order valence-electron chi connectivity index (χ0n) is 7.76. The number of hydrogen-bond acceptors (Lipinski definition) is 5. The van der Waals surface area contributed by atoms with Crippen LogP contribution in [0, 0.1) is 0 Å². The molecule has 2 aromatic rings. The molecular formula is C9H8ClN5. The third-order valence-corrected chi connectivity index (χ3v) is 1.87. The predicted molar refractivity (Wildman–Crippen MR) is 56.4 cm³/mol. The molecule has 0 aromatic carbocycles. The average Bonchev–Trinajstić information content (AvgIpc) is 2.28. The summed E-state index contributed by atoms with van der Waals surface area (Å²) < 4.78 is 0. The van der Waals surface area contributed by atoms with Crippen LogP contribution in [-0.2, 0) is 6.54 Å². The molecule has 6 heteroatoms. The summed E-state index contributed by atoms with van der Waals surface area (Å²) in [5, 5.41) is 11.1. The molecule has 0 bridgehead atoms. The van der Waals surface area contributed by atoms with Gasteiger partial charge in [-0.25, -0.2) is 4.98 Å². The molecule has 5 nitrogen and oxygen atoms in total. The van der Waals surface area contributed by atoms with E-state index in [4.69, 9.17) is 11.6 Å². The Morgan fingerprint density at radius 3 is 3.00 bits per heavy atom. The van der Waals surface area contributed by atoms with E-state index in [2.05, 4.69) is 25.5 Å². The minimum Gasteiger partial charge on any atom is -0.363 e. The minimum atomic E-state index is 0.360. The van der Waals surface area contributed by atoms with Crippen molar-refractivity contribution in [2.24, 2.45) is 0 Å². The topological polar surface area (TPSA) is 63.6 Å². The van der Waals surface area contributed by atoms with Gasteiger partial charge in [-0.1, -0.05) is 11.6 Å². The molecule has 0 radical (unpaired) electrons. The van der Waals surface area contributed by atoms with Gasteiger partial charge in [-0.05, 0) is 12.1 Å². The van der Waals surface area contributed by atoms with Crippen LogP contribution in [0.3, 0.4) is 0 Å². The number of halogens is 1. The lowest BCUT2D eigenvalue weighted by molar-refractivity contribution is 0.919. The lowest BCUT2D eigenvalue weighted by atomic mass is 10.4. The van der Waals surface area contributed by atoms with Crippen LogP contribution in [0.4, 0.5) is 5.82 Å². The first kappa shape index (κ1) is 9.79. The van der Waals surface area contributed by atoms with Gasteiger partial charge in [-0.15, -0.1) is 0 Å². The van der Waals surface area contributed by atoms with Crippen LogP contribution in [-0.4, -0.2) is 20.2 Å². The molecule has 0 aliphatic rings. The van der Waals surface area contributed by atoms with Gasteiger partial charge >= 0.3 is 0 Å². The van der Waals surface area contributed by atoms with E-state index in [1.807, 2.05) is 12.1 Å². The van der Waals surface area contributed by atoms with E-state index in [-0.39, 0.29) is 0 Å². The summed E-state index contributed by atoms with van der Waals surface area (Å²) in [4.78, 5) is 7.94. The molecule has 15 heavy (non-hydrogen) atoms. The van der Waals surface area contributed by atoms with Crippen molar-refractivity contribution in [3.8, 4) is 0 Å². The van der Waals surface area contributed by atoms with Gasteiger partial charge in [0, 0.05) is 6.20 Å². The number of aromatic nitrogens is 4.